The number of nitrogens with zero attached hydrogens (tertiary/aromatic N) is 2. The van der Waals surface area contributed by atoms with Crippen LogP contribution in [0.1, 0.15) is 29.5 Å². The summed E-state index contributed by atoms with van der Waals surface area (Å²) in [7, 11) is 2.17. The van der Waals surface area contributed by atoms with Gasteiger partial charge in [-0.2, -0.15) is 0 Å². The number of para-hydroxylation sites is 1. The normalized spacial score (nSPS) is 17.8. The summed E-state index contributed by atoms with van der Waals surface area (Å²) < 4.78 is 7.76. The molecule has 25 heavy (non-hydrogen) atoms. The maximum absolute atomic E-state index is 6.56. The Morgan fingerprint density at radius 1 is 1.12 bits per heavy atom. The maximum atomic E-state index is 6.56. The fourth-order valence-electron chi connectivity index (χ4n) is 3.23. The molecule has 1 unspecified atom stereocenters. The number of halogens is 1. The van der Waals surface area contributed by atoms with Crippen molar-refractivity contribution >= 4 is 33.2 Å². The molecule has 4 rings (SSSR count). The van der Waals surface area contributed by atoms with Crippen molar-refractivity contribution in [2.24, 2.45) is 0 Å². The van der Waals surface area contributed by atoms with Gasteiger partial charge in [0.15, 0.2) is 0 Å². The van der Waals surface area contributed by atoms with Gasteiger partial charge in [-0.25, -0.2) is 4.98 Å². The van der Waals surface area contributed by atoms with E-state index < -0.39 is 0 Å². The predicted octanol–water partition coefficient (Wildman–Crippen LogP) is 5.15. The first kappa shape index (κ1) is 17.0. The lowest BCUT2D eigenvalue weighted by atomic mass is 10.1. The van der Waals surface area contributed by atoms with E-state index in [4.69, 9.17) is 21.3 Å². The monoisotopic (exact) mass is 372 g/mol. The van der Waals surface area contributed by atoms with Crippen molar-refractivity contribution in [2.75, 3.05) is 20.1 Å². The Hall–Kier alpha value is -1.46. The topological polar surface area (TPSA) is 25.4 Å². The second kappa shape index (κ2) is 7.42. The molecule has 1 atom stereocenters. The smallest absolute Gasteiger partial charge is 0.134 e. The van der Waals surface area contributed by atoms with Crippen molar-refractivity contribution in [1.82, 2.24) is 9.88 Å². The van der Waals surface area contributed by atoms with E-state index in [0.29, 0.717) is 0 Å². The Morgan fingerprint density at radius 2 is 1.84 bits per heavy atom. The lowest BCUT2D eigenvalue weighted by Gasteiger charge is -2.31. The van der Waals surface area contributed by atoms with Crippen LogP contribution in [0.4, 0.5) is 0 Å². The number of piperidine rings is 1. The maximum Gasteiger partial charge on any atom is 0.134 e. The molecular formula is C20H21ClN2OS. The molecule has 0 N–H and O–H groups in total. The molecule has 0 spiro atoms. The summed E-state index contributed by atoms with van der Waals surface area (Å²) in [6.07, 6.45) is 2.25. The van der Waals surface area contributed by atoms with E-state index in [1.807, 2.05) is 30.3 Å². The first-order valence-electron chi connectivity index (χ1n) is 8.64. The number of hydrogen-bond donors (Lipinski definition) is 0. The van der Waals surface area contributed by atoms with Gasteiger partial charge in [-0.3, -0.25) is 0 Å². The molecule has 0 amide bonds. The van der Waals surface area contributed by atoms with E-state index in [1.165, 1.54) is 4.70 Å². The Bertz CT molecular complexity index is 807. The van der Waals surface area contributed by atoms with E-state index in [1.54, 1.807) is 11.3 Å². The lowest BCUT2D eigenvalue weighted by molar-refractivity contribution is -0.0234. The van der Waals surface area contributed by atoms with Crippen molar-refractivity contribution < 1.29 is 4.74 Å². The molecule has 0 radical (unpaired) electrons. The first-order chi connectivity index (χ1) is 12.2. The Morgan fingerprint density at radius 3 is 2.56 bits per heavy atom. The van der Waals surface area contributed by atoms with Crippen LogP contribution in [-0.2, 0) is 4.74 Å². The van der Waals surface area contributed by atoms with Gasteiger partial charge in [0.1, 0.15) is 11.1 Å². The van der Waals surface area contributed by atoms with Gasteiger partial charge in [0, 0.05) is 18.1 Å². The van der Waals surface area contributed by atoms with Crippen LogP contribution in [0.3, 0.4) is 0 Å². The quantitative estimate of drug-likeness (QED) is 0.633. The Labute approximate surface area is 157 Å². The highest BCUT2D eigenvalue weighted by molar-refractivity contribution is 7.18. The SMILES string of the molecule is CN1CCC(OC(c2ccc(Cl)cc2)c2nc3ccccc3s2)CC1. The zero-order chi connectivity index (χ0) is 17.2. The van der Waals surface area contributed by atoms with E-state index in [-0.39, 0.29) is 12.2 Å². The third-order valence-corrected chi connectivity index (χ3v) is 6.03. The van der Waals surface area contributed by atoms with Crippen molar-refractivity contribution in [2.45, 2.75) is 25.0 Å². The molecule has 1 saturated heterocycles. The number of likely N-dealkylation sites (tertiary alicyclic amines) is 1. The molecule has 3 nitrogen and oxygen atoms in total. The summed E-state index contributed by atoms with van der Waals surface area (Å²) in [5.41, 5.74) is 2.15. The Kier molecular flexibility index (Phi) is 5.04. The molecule has 5 heteroatoms. The fourth-order valence-corrected chi connectivity index (χ4v) is 4.39. The van der Waals surface area contributed by atoms with Crippen molar-refractivity contribution in [1.29, 1.82) is 0 Å². The second-order valence-electron chi connectivity index (χ2n) is 6.59. The molecule has 130 valence electrons. The van der Waals surface area contributed by atoms with Gasteiger partial charge < -0.3 is 9.64 Å². The van der Waals surface area contributed by atoms with Crippen LogP contribution in [0.2, 0.25) is 5.02 Å². The standard InChI is InChI=1S/C20H21ClN2OS/c1-23-12-10-16(11-13-23)24-19(14-6-8-15(21)9-7-14)20-22-17-4-2-3-5-18(17)25-20/h2-9,16,19H,10-13H2,1H3. The largest absolute Gasteiger partial charge is 0.363 e. The molecule has 1 aliphatic heterocycles. The molecule has 2 heterocycles. The molecule has 1 fully saturated rings. The zero-order valence-corrected chi connectivity index (χ0v) is 15.8. The molecule has 1 aromatic heterocycles. The third kappa shape index (κ3) is 3.87. The minimum Gasteiger partial charge on any atom is -0.363 e. The van der Waals surface area contributed by atoms with Crippen molar-refractivity contribution in [3.63, 3.8) is 0 Å². The summed E-state index contributed by atoms with van der Waals surface area (Å²) in [5.74, 6) is 0. The predicted molar refractivity (Wildman–Crippen MR) is 105 cm³/mol. The summed E-state index contributed by atoms with van der Waals surface area (Å²) in [5, 5.41) is 1.76. The number of ether oxygens (including phenoxy) is 1. The second-order valence-corrected chi connectivity index (χ2v) is 8.09. The van der Waals surface area contributed by atoms with Crippen LogP contribution in [0.25, 0.3) is 10.2 Å². The van der Waals surface area contributed by atoms with E-state index in [2.05, 4.69) is 30.1 Å². The van der Waals surface area contributed by atoms with Gasteiger partial charge in [0.05, 0.1) is 16.3 Å². The minimum atomic E-state index is -0.136. The summed E-state index contributed by atoms with van der Waals surface area (Å²) in [6.45, 7) is 2.16. The highest BCUT2D eigenvalue weighted by Crippen LogP contribution is 2.35. The molecule has 0 saturated carbocycles. The van der Waals surface area contributed by atoms with Crippen LogP contribution in [-0.4, -0.2) is 36.1 Å². The lowest BCUT2D eigenvalue weighted by Crippen LogP contribution is -2.35. The molecular weight excluding hydrogens is 352 g/mol. The van der Waals surface area contributed by atoms with Gasteiger partial charge in [0.25, 0.3) is 0 Å². The number of aromatic nitrogens is 1. The van der Waals surface area contributed by atoms with E-state index in [9.17, 15) is 0 Å². The number of rotatable bonds is 4. The van der Waals surface area contributed by atoms with Gasteiger partial charge in [-0.15, -0.1) is 11.3 Å². The summed E-state index contributed by atoms with van der Waals surface area (Å²) in [4.78, 5) is 7.20. The molecule has 2 aromatic carbocycles. The van der Waals surface area contributed by atoms with Crippen LogP contribution < -0.4 is 0 Å². The van der Waals surface area contributed by atoms with Crippen LogP contribution in [0, 0.1) is 0 Å². The highest BCUT2D eigenvalue weighted by Gasteiger charge is 2.26. The summed E-state index contributed by atoms with van der Waals surface area (Å²) in [6, 6.07) is 16.2. The zero-order valence-electron chi connectivity index (χ0n) is 14.2. The minimum absolute atomic E-state index is 0.136. The molecule has 3 aromatic rings. The third-order valence-electron chi connectivity index (χ3n) is 4.70. The summed E-state index contributed by atoms with van der Waals surface area (Å²) >= 11 is 7.79. The average Bonchev–Trinajstić information content (AvgIpc) is 3.06. The van der Waals surface area contributed by atoms with E-state index >= 15 is 0 Å². The molecule has 0 aliphatic carbocycles. The number of fused-ring (bicyclic) bond motifs is 1. The van der Waals surface area contributed by atoms with E-state index in [0.717, 1.165) is 47.0 Å². The van der Waals surface area contributed by atoms with Gasteiger partial charge in [-0.05, 0) is 49.7 Å². The molecule has 1 aliphatic rings. The number of hydrogen-bond acceptors (Lipinski definition) is 4. The Balaban J connectivity index is 1.66. The van der Waals surface area contributed by atoms with Crippen molar-refractivity contribution in [3.05, 3.63) is 64.1 Å². The van der Waals surface area contributed by atoms with Gasteiger partial charge in [-0.1, -0.05) is 35.9 Å². The molecule has 0 bridgehead atoms. The van der Waals surface area contributed by atoms with Crippen molar-refractivity contribution in [3.8, 4) is 0 Å². The average molecular weight is 373 g/mol. The highest BCUT2D eigenvalue weighted by atomic mass is 35.5. The van der Waals surface area contributed by atoms with Crippen LogP contribution >= 0.6 is 22.9 Å². The number of benzene rings is 2. The van der Waals surface area contributed by atoms with Gasteiger partial charge in [0.2, 0.25) is 0 Å². The fraction of sp³-hybridized carbons (Fsp3) is 0.350. The van der Waals surface area contributed by atoms with Crippen LogP contribution in [0.5, 0.6) is 0 Å². The van der Waals surface area contributed by atoms with Crippen LogP contribution in [0.15, 0.2) is 48.5 Å². The first-order valence-corrected chi connectivity index (χ1v) is 9.83. The number of thiazole rings is 1. The van der Waals surface area contributed by atoms with Gasteiger partial charge >= 0.3 is 0 Å².